The fourth-order valence-corrected chi connectivity index (χ4v) is 1.45. The second kappa shape index (κ2) is 4.73. The fourth-order valence-electron chi connectivity index (χ4n) is 1.45. The number of hydrogen-bond acceptors (Lipinski definition) is 5. The molecule has 4 N–H and O–H groups in total. The molecule has 0 amide bonds. The highest BCUT2D eigenvalue weighted by Crippen LogP contribution is 2.22. The molecule has 1 rings (SSSR count). The SMILES string of the molecule is C#C[C@H]1O[C@H](CCO)[C@@H](O)[C@H](O)[C@@H]1O. The van der Waals surface area contributed by atoms with Crippen molar-refractivity contribution in [3.8, 4) is 12.3 Å². The summed E-state index contributed by atoms with van der Waals surface area (Å²) in [5, 5.41) is 36.8. The molecule has 0 bridgehead atoms. The predicted molar refractivity (Wildman–Crippen MR) is 47.2 cm³/mol. The highest BCUT2D eigenvalue weighted by atomic mass is 16.5. The summed E-state index contributed by atoms with van der Waals surface area (Å²) < 4.78 is 5.11. The highest BCUT2D eigenvalue weighted by Gasteiger charge is 2.42. The van der Waals surface area contributed by atoms with E-state index in [9.17, 15) is 15.3 Å². The lowest BCUT2D eigenvalue weighted by molar-refractivity contribution is -0.209. The summed E-state index contributed by atoms with van der Waals surface area (Å²) >= 11 is 0. The Labute approximate surface area is 81.9 Å². The molecule has 0 aromatic heterocycles. The molecule has 0 radical (unpaired) electrons. The summed E-state index contributed by atoms with van der Waals surface area (Å²) in [4.78, 5) is 0. The van der Waals surface area contributed by atoms with Crippen LogP contribution in [0.4, 0.5) is 0 Å². The van der Waals surface area contributed by atoms with Crippen LogP contribution in [0.15, 0.2) is 0 Å². The normalized spacial score (nSPS) is 43.2. The number of hydrogen-bond donors (Lipinski definition) is 4. The average molecular weight is 202 g/mol. The van der Waals surface area contributed by atoms with E-state index in [2.05, 4.69) is 5.92 Å². The van der Waals surface area contributed by atoms with Crippen LogP contribution in [0.5, 0.6) is 0 Å². The Bertz CT molecular complexity index is 224. The smallest absolute Gasteiger partial charge is 0.146 e. The van der Waals surface area contributed by atoms with Gasteiger partial charge in [-0.2, -0.15) is 0 Å². The lowest BCUT2D eigenvalue weighted by Crippen LogP contribution is -2.57. The summed E-state index contributed by atoms with van der Waals surface area (Å²) in [6, 6.07) is 0. The van der Waals surface area contributed by atoms with Gasteiger partial charge in [0.1, 0.15) is 24.4 Å². The van der Waals surface area contributed by atoms with Gasteiger partial charge in [0.2, 0.25) is 0 Å². The van der Waals surface area contributed by atoms with Crippen LogP contribution in [0, 0.1) is 12.3 Å². The summed E-state index contributed by atoms with van der Waals surface area (Å²) in [6.07, 6.45) is -0.277. The van der Waals surface area contributed by atoms with Gasteiger partial charge in [0, 0.05) is 6.61 Å². The van der Waals surface area contributed by atoms with Crippen molar-refractivity contribution in [1.29, 1.82) is 0 Å². The van der Waals surface area contributed by atoms with E-state index in [1.54, 1.807) is 0 Å². The molecule has 1 aliphatic rings. The van der Waals surface area contributed by atoms with Gasteiger partial charge >= 0.3 is 0 Å². The summed E-state index contributed by atoms with van der Waals surface area (Å²) in [5.41, 5.74) is 0. The maximum Gasteiger partial charge on any atom is 0.146 e. The summed E-state index contributed by atoms with van der Waals surface area (Å²) in [7, 11) is 0. The van der Waals surface area contributed by atoms with Crippen LogP contribution in [0.2, 0.25) is 0 Å². The molecule has 0 unspecified atom stereocenters. The first kappa shape index (κ1) is 11.4. The Balaban J connectivity index is 2.69. The summed E-state index contributed by atoms with van der Waals surface area (Å²) in [5.74, 6) is 2.17. The lowest BCUT2D eigenvalue weighted by atomic mass is 9.94. The topological polar surface area (TPSA) is 90.2 Å². The minimum absolute atomic E-state index is 0.170. The third kappa shape index (κ3) is 2.05. The van der Waals surface area contributed by atoms with E-state index in [1.165, 1.54) is 0 Å². The van der Waals surface area contributed by atoms with E-state index in [0.717, 1.165) is 0 Å². The Morgan fingerprint density at radius 3 is 2.29 bits per heavy atom. The Morgan fingerprint density at radius 2 is 1.79 bits per heavy atom. The van der Waals surface area contributed by atoms with E-state index in [1.807, 2.05) is 0 Å². The lowest BCUT2D eigenvalue weighted by Gasteiger charge is -2.38. The Hall–Kier alpha value is -0.640. The number of aliphatic hydroxyl groups is 4. The molecule has 5 nitrogen and oxygen atoms in total. The van der Waals surface area contributed by atoms with Gasteiger partial charge in [-0.3, -0.25) is 0 Å². The van der Waals surface area contributed by atoms with Gasteiger partial charge < -0.3 is 25.2 Å². The third-order valence-electron chi connectivity index (χ3n) is 2.29. The van der Waals surface area contributed by atoms with Crippen molar-refractivity contribution in [1.82, 2.24) is 0 Å². The van der Waals surface area contributed by atoms with Crippen LogP contribution in [0.25, 0.3) is 0 Å². The van der Waals surface area contributed by atoms with Crippen LogP contribution >= 0.6 is 0 Å². The molecule has 0 spiro atoms. The van der Waals surface area contributed by atoms with Crippen LogP contribution in [-0.4, -0.2) is 57.6 Å². The van der Waals surface area contributed by atoms with Gasteiger partial charge in [-0.1, -0.05) is 5.92 Å². The van der Waals surface area contributed by atoms with Crippen molar-refractivity contribution in [2.24, 2.45) is 0 Å². The Morgan fingerprint density at radius 1 is 1.14 bits per heavy atom. The van der Waals surface area contributed by atoms with E-state index in [4.69, 9.17) is 16.3 Å². The maximum absolute atomic E-state index is 9.44. The molecule has 1 heterocycles. The van der Waals surface area contributed by atoms with Gasteiger partial charge in [0.25, 0.3) is 0 Å². The van der Waals surface area contributed by atoms with E-state index < -0.39 is 30.5 Å². The highest BCUT2D eigenvalue weighted by molar-refractivity contribution is 5.06. The fraction of sp³-hybridized carbons (Fsp3) is 0.778. The minimum atomic E-state index is -1.33. The third-order valence-corrected chi connectivity index (χ3v) is 2.29. The molecule has 0 aromatic carbocycles. The van der Waals surface area contributed by atoms with E-state index in [-0.39, 0.29) is 13.0 Å². The standard InChI is InChI=1S/C9H14O5/c1-2-5-7(11)9(13)8(12)6(14-5)3-4-10/h1,5-13H,3-4H2/t5-,6-,7-,8-,9-/m1/s1. The first-order chi connectivity index (χ1) is 6.61. The van der Waals surface area contributed by atoms with Crippen molar-refractivity contribution in [2.75, 3.05) is 6.61 Å². The zero-order chi connectivity index (χ0) is 10.7. The van der Waals surface area contributed by atoms with Crippen LogP contribution in [0.1, 0.15) is 6.42 Å². The van der Waals surface area contributed by atoms with Crippen molar-refractivity contribution >= 4 is 0 Å². The average Bonchev–Trinajstić information content (AvgIpc) is 2.19. The molecule has 1 saturated heterocycles. The van der Waals surface area contributed by atoms with Gasteiger partial charge in [-0.05, 0) is 6.42 Å². The van der Waals surface area contributed by atoms with Crippen LogP contribution in [0.3, 0.4) is 0 Å². The molecule has 14 heavy (non-hydrogen) atoms. The molecule has 0 saturated carbocycles. The molecule has 0 aromatic rings. The number of terminal acetylenes is 1. The molecule has 1 aliphatic heterocycles. The molecular formula is C9H14O5. The molecule has 5 atom stereocenters. The molecule has 0 aliphatic carbocycles. The first-order valence-corrected chi connectivity index (χ1v) is 4.38. The van der Waals surface area contributed by atoms with Crippen molar-refractivity contribution < 1.29 is 25.2 Å². The van der Waals surface area contributed by atoms with Crippen molar-refractivity contribution in [2.45, 2.75) is 36.9 Å². The second-order valence-electron chi connectivity index (χ2n) is 3.25. The van der Waals surface area contributed by atoms with Crippen molar-refractivity contribution in [3.05, 3.63) is 0 Å². The summed E-state index contributed by atoms with van der Waals surface area (Å²) in [6.45, 7) is -0.179. The van der Waals surface area contributed by atoms with Gasteiger partial charge in [0.05, 0.1) is 6.10 Å². The minimum Gasteiger partial charge on any atom is -0.396 e. The Kier molecular flexibility index (Phi) is 3.86. The number of ether oxygens (including phenoxy) is 1. The molecular weight excluding hydrogens is 188 g/mol. The largest absolute Gasteiger partial charge is 0.396 e. The van der Waals surface area contributed by atoms with Gasteiger partial charge in [-0.15, -0.1) is 6.42 Å². The zero-order valence-corrected chi connectivity index (χ0v) is 7.58. The van der Waals surface area contributed by atoms with E-state index in [0.29, 0.717) is 0 Å². The monoisotopic (exact) mass is 202 g/mol. The predicted octanol–water partition coefficient (Wildman–Crippen LogP) is -2.15. The van der Waals surface area contributed by atoms with Crippen LogP contribution in [-0.2, 0) is 4.74 Å². The quantitative estimate of drug-likeness (QED) is 0.383. The molecule has 80 valence electrons. The van der Waals surface area contributed by atoms with Crippen molar-refractivity contribution in [3.63, 3.8) is 0 Å². The van der Waals surface area contributed by atoms with Gasteiger partial charge in [-0.25, -0.2) is 0 Å². The zero-order valence-electron chi connectivity index (χ0n) is 7.58. The second-order valence-corrected chi connectivity index (χ2v) is 3.25. The van der Waals surface area contributed by atoms with E-state index >= 15 is 0 Å². The number of aliphatic hydroxyl groups excluding tert-OH is 4. The number of rotatable bonds is 2. The molecule has 1 fully saturated rings. The van der Waals surface area contributed by atoms with Gasteiger partial charge in [0.15, 0.2) is 0 Å². The van der Waals surface area contributed by atoms with Crippen LogP contribution < -0.4 is 0 Å². The maximum atomic E-state index is 9.44. The first-order valence-electron chi connectivity index (χ1n) is 4.38. The molecule has 5 heteroatoms.